The SMILES string of the molecule is CCOc1cc(OC)c(Br)cc1CCON. The zero-order valence-electron chi connectivity index (χ0n) is 9.46. The topological polar surface area (TPSA) is 53.7 Å². The summed E-state index contributed by atoms with van der Waals surface area (Å²) in [6.45, 7) is 3.01. The molecule has 2 N–H and O–H groups in total. The number of nitrogens with two attached hydrogens (primary N) is 1. The first-order chi connectivity index (χ1) is 7.72. The van der Waals surface area contributed by atoms with Crippen LogP contribution in [0.1, 0.15) is 12.5 Å². The largest absolute Gasteiger partial charge is 0.495 e. The Bertz CT molecular complexity index is 344. The molecule has 0 fully saturated rings. The lowest BCUT2D eigenvalue weighted by molar-refractivity contribution is 0.140. The second-order valence-electron chi connectivity index (χ2n) is 3.15. The second kappa shape index (κ2) is 6.73. The van der Waals surface area contributed by atoms with Gasteiger partial charge in [0.05, 0.1) is 24.8 Å². The monoisotopic (exact) mass is 289 g/mol. The molecule has 1 aromatic carbocycles. The molecule has 16 heavy (non-hydrogen) atoms. The summed E-state index contributed by atoms with van der Waals surface area (Å²) in [6, 6.07) is 3.82. The van der Waals surface area contributed by atoms with Crippen LogP contribution in [0.3, 0.4) is 0 Å². The summed E-state index contributed by atoms with van der Waals surface area (Å²) in [6.07, 6.45) is 0.703. The molecule has 0 heterocycles. The molecule has 4 nitrogen and oxygen atoms in total. The van der Waals surface area contributed by atoms with Gasteiger partial charge in [-0.3, -0.25) is 0 Å². The van der Waals surface area contributed by atoms with Crippen molar-refractivity contribution in [1.29, 1.82) is 0 Å². The van der Waals surface area contributed by atoms with Crippen LogP contribution in [0.15, 0.2) is 16.6 Å². The van der Waals surface area contributed by atoms with E-state index in [1.807, 2.05) is 19.1 Å². The van der Waals surface area contributed by atoms with Gasteiger partial charge in [0.25, 0.3) is 0 Å². The van der Waals surface area contributed by atoms with Crippen molar-refractivity contribution in [3.63, 3.8) is 0 Å². The number of benzene rings is 1. The van der Waals surface area contributed by atoms with Gasteiger partial charge in [-0.05, 0) is 34.5 Å². The van der Waals surface area contributed by atoms with Crippen molar-refractivity contribution >= 4 is 15.9 Å². The van der Waals surface area contributed by atoms with E-state index in [4.69, 9.17) is 15.4 Å². The minimum Gasteiger partial charge on any atom is -0.495 e. The number of hydrogen-bond donors (Lipinski definition) is 1. The van der Waals surface area contributed by atoms with Crippen molar-refractivity contribution in [3.05, 3.63) is 22.2 Å². The molecule has 90 valence electrons. The average Bonchev–Trinajstić information content (AvgIpc) is 2.29. The van der Waals surface area contributed by atoms with Crippen LogP contribution in [0.5, 0.6) is 11.5 Å². The summed E-state index contributed by atoms with van der Waals surface area (Å²) in [5.41, 5.74) is 1.04. The first kappa shape index (κ1) is 13.3. The predicted octanol–water partition coefficient (Wildman–Crippen LogP) is 2.29. The Hall–Kier alpha value is -0.780. The molecule has 0 aliphatic rings. The van der Waals surface area contributed by atoms with Crippen LogP contribution in [-0.2, 0) is 11.3 Å². The second-order valence-corrected chi connectivity index (χ2v) is 4.00. The first-order valence-corrected chi connectivity index (χ1v) is 5.83. The molecular formula is C11H16BrNO3. The van der Waals surface area contributed by atoms with Crippen LogP contribution < -0.4 is 15.4 Å². The molecule has 0 aromatic heterocycles. The number of methoxy groups -OCH3 is 1. The van der Waals surface area contributed by atoms with Gasteiger partial charge in [-0.2, -0.15) is 0 Å². The molecular weight excluding hydrogens is 274 g/mol. The lowest BCUT2D eigenvalue weighted by Gasteiger charge is -2.13. The van der Waals surface area contributed by atoms with Gasteiger partial charge in [0.1, 0.15) is 11.5 Å². The van der Waals surface area contributed by atoms with Crippen LogP contribution in [-0.4, -0.2) is 20.3 Å². The summed E-state index contributed by atoms with van der Waals surface area (Å²) in [7, 11) is 1.62. The van der Waals surface area contributed by atoms with E-state index in [1.165, 1.54) is 0 Å². The molecule has 0 radical (unpaired) electrons. The van der Waals surface area contributed by atoms with Crippen LogP contribution in [0.25, 0.3) is 0 Å². The van der Waals surface area contributed by atoms with Gasteiger partial charge in [-0.1, -0.05) is 0 Å². The maximum atomic E-state index is 5.53. The van der Waals surface area contributed by atoms with Gasteiger partial charge in [0.2, 0.25) is 0 Å². The number of halogens is 1. The standard InChI is InChI=1S/C11H16BrNO3/c1-3-15-10-7-11(14-2)9(12)6-8(10)4-5-16-13/h6-7H,3-5,13H2,1-2H3. The number of ether oxygens (including phenoxy) is 2. The van der Waals surface area contributed by atoms with Gasteiger partial charge < -0.3 is 14.3 Å². The third-order valence-electron chi connectivity index (χ3n) is 2.12. The number of rotatable bonds is 6. The molecule has 0 aliphatic heterocycles. The van der Waals surface area contributed by atoms with E-state index in [1.54, 1.807) is 7.11 Å². The molecule has 0 spiro atoms. The zero-order chi connectivity index (χ0) is 12.0. The Kier molecular flexibility index (Phi) is 5.59. The average molecular weight is 290 g/mol. The van der Waals surface area contributed by atoms with Crippen molar-refractivity contribution in [2.24, 2.45) is 5.90 Å². The van der Waals surface area contributed by atoms with Crippen molar-refractivity contribution < 1.29 is 14.3 Å². The highest BCUT2D eigenvalue weighted by molar-refractivity contribution is 9.10. The van der Waals surface area contributed by atoms with Gasteiger partial charge in [0, 0.05) is 12.5 Å². The first-order valence-electron chi connectivity index (χ1n) is 5.03. The van der Waals surface area contributed by atoms with Crippen LogP contribution in [0, 0.1) is 0 Å². The van der Waals surface area contributed by atoms with Crippen LogP contribution in [0.4, 0.5) is 0 Å². The molecule has 0 saturated heterocycles. The van der Waals surface area contributed by atoms with Crippen molar-refractivity contribution in [2.45, 2.75) is 13.3 Å². The molecule has 0 aliphatic carbocycles. The lowest BCUT2D eigenvalue weighted by atomic mass is 10.1. The van der Waals surface area contributed by atoms with Gasteiger partial charge in [0.15, 0.2) is 0 Å². The van der Waals surface area contributed by atoms with Crippen LogP contribution >= 0.6 is 15.9 Å². The molecule has 0 unspecified atom stereocenters. The third-order valence-corrected chi connectivity index (χ3v) is 2.74. The Morgan fingerprint density at radius 1 is 1.31 bits per heavy atom. The molecule has 1 aromatic rings. The minimum atomic E-state index is 0.457. The van der Waals surface area contributed by atoms with E-state index in [2.05, 4.69) is 20.8 Å². The summed E-state index contributed by atoms with van der Waals surface area (Å²) in [4.78, 5) is 4.57. The van der Waals surface area contributed by atoms with Crippen molar-refractivity contribution in [2.75, 3.05) is 20.3 Å². The predicted molar refractivity (Wildman–Crippen MR) is 65.7 cm³/mol. The minimum absolute atomic E-state index is 0.457. The zero-order valence-corrected chi connectivity index (χ0v) is 11.0. The highest BCUT2D eigenvalue weighted by Crippen LogP contribution is 2.33. The summed E-state index contributed by atoms with van der Waals surface area (Å²) in [5.74, 6) is 6.57. The molecule has 0 bridgehead atoms. The fourth-order valence-electron chi connectivity index (χ4n) is 1.39. The number of hydrogen-bond acceptors (Lipinski definition) is 4. The van der Waals surface area contributed by atoms with E-state index >= 15 is 0 Å². The Morgan fingerprint density at radius 3 is 2.62 bits per heavy atom. The third kappa shape index (κ3) is 3.37. The fraction of sp³-hybridized carbons (Fsp3) is 0.455. The fourth-order valence-corrected chi connectivity index (χ4v) is 1.94. The highest BCUT2D eigenvalue weighted by atomic mass is 79.9. The summed E-state index contributed by atoms with van der Waals surface area (Å²) < 4.78 is 11.6. The Morgan fingerprint density at radius 2 is 2.06 bits per heavy atom. The maximum Gasteiger partial charge on any atom is 0.136 e. The smallest absolute Gasteiger partial charge is 0.136 e. The highest BCUT2D eigenvalue weighted by Gasteiger charge is 2.09. The maximum absolute atomic E-state index is 5.53. The summed E-state index contributed by atoms with van der Waals surface area (Å²) >= 11 is 3.43. The molecule has 5 heteroatoms. The van der Waals surface area contributed by atoms with Gasteiger partial charge in [-0.25, -0.2) is 5.90 Å². The Balaban J connectivity index is 2.98. The van der Waals surface area contributed by atoms with E-state index in [0.29, 0.717) is 19.6 Å². The summed E-state index contributed by atoms with van der Waals surface area (Å²) in [5, 5.41) is 0. The van der Waals surface area contributed by atoms with Crippen molar-refractivity contribution in [3.8, 4) is 11.5 Å². The Labute approximate surface area is 104 Å². The molecule has 1 rings (SSSR count). The lowest BCUT2D eigenvalue weighted by Crippen LogP contribution is -2.06. The molecule has 0 amide bonds. The van der Waals surface area contributed by atoms with E-state index in [9.17, 15) is 0 Å². The quantitative estimate of drug-likeness (QED) is 0.817. The van der Waals surface area contributed by atoms with E-state index in [0.717, 1.165) is 21.5 Å². The van der Waals surface area contributed by atoms with Gasteiger partial charge >= 0.3 is 0 Å². The van der Waals surface area contributed by atoms with E-state index in [-0.39, 0.29) is 0 Å². The normalized spacial score (nSPS) is 10.2. The van der Waals surface area contributed by atoms with Gasteiger partial charge in [-0.15, -0.1) is 0 Å². The van der Waals surface area contributed by atoms with Crippen LogP contribution in [0.2, 0.25) is 0 Å². The molecule has 0 saturated carbocycles. The molecule has 0 atom stereocenters. The van der Waals surface area contributed by atoms with E-state index < -0.39 is 0 Å². The van der Waals surface area contributed by atoms with Crippen molar-refractivity contribution in [1.82, 2.24) is 0 Å².